The van der Waals surface area contributed by atoms with Crippen LogP contribution in [0.15, 0.2) is 60.7 Å². The van der Waals surface area contributed by atoms with Crippen molar-refractivity contribution in [2.24, 2.45) is 113 Å². The third-order valence-electron chi connectivity index (χ3n) is 32.4. The number of aliphatic hydroxyl groups excluding tert-OH is 4. The first-order chi connectivity index (χ1) is 44.6. The standard InChI is InChI=1S/C43H67NO5.C38H59NO4.CH4O/c1-28(26-45)30-14-20-43(27-49-37-9-7-8-24-48-37)22-21-41(5)31(38(30)43)11-13-35-40(4)18-16-36(39(2,3)34(40)15-19-42(35,41)6)44-23-17-29-10-12-32(46)33(47)25-29;1-24(22-40)26-11-17-38(23-41)19-18-36(5)27(33(26)38)8-10-31-35(4)15-13-32(34(2,3)30(35)12-16-37(31,36)6)39-20-14-25-7-9-28(42)29(43)21-25;1-2/h10,12,25,30-31,34-38,44-47H,1,7-9,11,13-24,26-27H2,2-6H3;7,9,21,26-27,30-33,39-43H,1,8,10-20,22-23H2,2-6H3;2H,1H3/t30-,31+,34-,35+,36?,37?,38+,40-,41+,42+,43+;26-,27+,30-,31+,32?,33+,35-,36+,37+,38+;/m00./s1. The molecular formula is C82H130N2O10. The van der Waals surface area contributed by atoms with E-state index in [0.717, 1.165) is 113 Å². The van der Waals surface area contributed by atoms with Gasteiger partial charge in [0.1, 0.15) is 0 Å². The third kappa shape index (κ3) is 11.7. The molecule has 10 aliphatic carbocycles. The third-order valence-corrected chi connectivity index (χ3v) is 32.4. The van der Waals surface area contributed by atoms with E-state index in [1.165, 1.54) is 109 Å². The highest BCUT2D eigenvalue weighted by molar-refractivity contribution is 5.41. The molecule has 13 rings (SSSR count). The van der Waals surface area contributed by atoms with Crippen molar-refractivity contribution in [3.63, 3.8) is 0 Å². The molecule has 2 aromatic carbocycles. The minimum Gasteiger partial charge on any atom is -0.504 e. The molecule has 11 fully saturated rings. The zero-order valence-corrected chi connectivity index (χ0v) is 60.4. The molecule has 528 valence electrons. The number of hydrogen-bond donors (Lipinski definition) is 10. The predicted octanol–water partition coefficient (Wildman–Crippen LogP) is 15.6. The quantitative estimate of drug-likeness (QED) is 0.0563. The Labute approximate surface area is 567 Å². The SMILES string of the molecule is C=C(CO)[C@@H]1CC[C@]2(CO)CC[C@]3(C)[C@H](CC[C@@H]4[C@@]5(C)CCC(NCCc6ccc(O)c(O)c6)C(C)(C)[C@@H]5CC[C@]43C)[C@@H]12.C=C(CO)[C@@H]1CC[C@]2(COC3CCCCO3)CC[C@]3(C)[C@H](CC[C@@H]4[C@@]5(C)CCC(NCCc6ccc(O)c(O)c6)C(C)(C)[C@@H]5CC[C@]43C)[C@@H]12.CO. The fraction of sp³-hybridized carbons (Fsp3) is 0.805. The Balaban J connectivity index is 0.000000188. The molecule has 0 amide bonds. The van der Waals surface area contributed by atoms with Crippen molar-refractivity contribution >= 4 is 0 Å². The molecule has 94 heavy (non-hydrogen) atoms. The number of aromatic hydroxyl groups is 4. The lowest BCUT2D eigenvalue weighted by Crippen LogP contribution is -2.67. The summed E-state index contributed by atoms with van der Waals surface area (Å²) in [6.45, 7) is 38.9. The Morgan fingerprint density at radius 2 is 0.926 bits per heavy atom. The topological polar surface area (TPSA) is 204 Å². The van der Waals surface area contributed by atoms with Crippen LogP contribution in [0.2, 0.25) is 0 Å². The minimum atomic E-state index is -0.0591. The van der Waals surface area contributed by atoms with E-state index >= 15 is 0 Å². The highest BCUT2D eigenvalue weighted by Gasteiger charge is 2.73. The molecule has 0 aromatic heterocycles. The fourth-order valence-corrected chi connectivity index (χ4v) is 27.2. The predicted molar refractivity (Wildman–Crippen MR) is 376 cm³/mol. The summed E-state index contributed by atoms with van der Waals surface area (Å²) < 4.78 is 12.7. The van der Waals surface area contributed by atoms with Crippen LogP contribution in [0, 0.1) is 113 Å². The number of rotatable bonds is 16. The molecule has 0 radical (unpaired) electrons. The van der Waals surface area contributed by atoms with Gasteiger partial charge in [0.25, 0.3) is 0 Å². The van der Waals surface area contributed by atoms with Crippen LogP contribution in [0.3, 0.4) is 0 Å². The molecule has 3 unspecified atom stereocenters. The Morgan fingerprint density at radius 1 is 0.479 bits per heavy atom. The van der Waals surface area contributed by atoms with Gasteiger partial charge in [0.15, 0.2) is 29.3 Å². The van der Waals surface area contributed by atoms with Crippen molar-refractivity contribution in [1.29, 1.82) is 0 Å². The zero-order valence-electron chi connectivity index (χ0n) is 60.4. The van der Waals surface area contributed by atoms with Crippen molar-refractivity contribution in [3.05, 3.63) is 71.8 Å². The number of phenolic OH excluding ortho intramolecular Hbond substituents is 4. The van der Waals surface area contributed by atoms with E-state index in [1.54, 1.807) is 24.3 Å². The van der Waals surface area contributed by atoms with Gasteiger partial charge in [0.2, 0.25) is 0 Å². The Kier molecular flexibility index (Phi) is 20.7. The van der Waals surface area contributed by atoms with Crippen LogP contribution >= 0.6 is 0 Å². The summed E-state index contributed by atoms with van der Waals surface area (Å²) in [4.78, 5) is 0. The first-order valence-corrected chi connectivity index (χ1v) is 37.9. The molecule has 12 nitrogen and oxygen atoms in total. The van der Waals surface area contributed by atoms with E-state index in [2.05, 4.69) is 93.0 Å². The summed E-state index contributed by atoms with van der Waals surface area (Å²) in [6.07, 6.45) is 29.6. The summed E-state index contributed by atoms with van der Waals surface area (Å²) in [7, 11) is 1.00. The number of ether oxygens (including phenoxy) is 2. The largest absolute Gasteiger partial charge is 0.504 e. The van der Waals surface area contributed by atoms with Gasteiger partial charge < -0.3 is 61.0 Å². The maximum atomic E-state index is 10.8. The molecule has 2 aromatic rings. The summed E-state index contributed by atoms with van der Waals surface area (Å²) in [5.74, 6) is 5.56. The molecule has 0 spiro atoms. The second-order valence-electron chi connectivity index (χ2n) is 36.2. The Morgan fingerprint density at radius 3 is 1.35 bits per heavy atom. The van der Waals surface area contributed by atoms with Gasteiger partial charge >= 0.3 is 0 Å². The van der Waals surface area contributed by atoms with Crippen molar-refractivity contribution in [2.75, 3.05) is 53.2 Å². The maximum absolute atomic E-state index is 10.8. The molecule has 21 atom stereocenters. The van der Waals surface area contributed by atoms with Crippen molar-refractivity contribution in [3.8, 4) is 23.0 Å². The number of phenols is 4. The van der Waals surface area contributed by atoms with E-state index in [9.17, 15) is 35.7 Å². The lowest BCUT2D eigenvalue weighted by atomic mass is 9.32. The van der Waals surface area contributed by atoms with Gasteiger partial charge in [-0.15, -0.1) is 0 Å². The average Bonchev–Trinajstić information content (AvgIpc) is 0.985. The number of fused-ring (bicyclic) bond motifs is 14. The van der Waals surface area contributed by atoms with Gasteiger partial charge in [-0.3, -0.25) is 0 Å². The van der Waals surface area contributed by atoms with E-state index in [1.807, 2.05) is 12.1 Å². The van der Waals surface area contributed by atoms with Crippen LogP contribution in [0.1, 0.15) is 228 Å². The molecule has 10 saturated carbocycles. The maximum Gasteiger partial charge on any atom is 0.157 e. The van der Waals surface area contributed by atoms with Gasteiger partial charge in [0.05, 0.1) is 19.8 Å². The fourth-order valence-electron chi connectivity index (χ4n) is 27.2. The van der Waals surface area contributed by atoms with Crippen LogP contribution < -0.4 is 10.6 Å². The molecule has 1 heterocycles. The van der Waals surface area contributed by atoms with Crippen LogP contribution in [0.5, 0.6) is 23.0 Å². The average molecular weight is 1300 g/mol. The molecule has 11 aliphatic rings. The van der Waals surface area contributed by atoms with Gasteiger partial charge in [0, 0.05) is 32.4 Å². The van der Waals surface area contributed by atoms with Gasteiger partial charge in [-0.05, 0) is 333 Å². The molecular weight excluding hydrogens is 1170 g/mol. The summed E-state index contributed by atoms with van der Waals surface area (Å²) in [6, 6.07) is 11.3. The smallest absolute Gasteiger partial charge is 0.157 e. The van der Waals surface area contributed by atoms with E-state index in [4.69, 9.17) is 14.6 Å². The normalized spacial score (nSPS) is 43.8. The molecule has 12 heteroatoms. The number of nitrogens with one attached hydrogen (secondary N) is 2. The zero-order chi connectivity index (χ0) is 67.8. The summed E-state index contributed by atoms with van der Waals surface area (Å²) in [5, 5.41) is 85.5. The molecule has 1 saturated heterocycles. The second-order valence-corrected chi connectivity index (χ2v) is 36.2. The monoisotopic (exact) mass is 1300 g/mol. The lowest BCUT2D eigenvalue weighted by Gasteiger charge is -2.73. The Hall–Kier alpha value is -3.20. The van der Waals surface area contributed by atoms with Crippen LogP contribution in [-0.2, 0) is 22.3 Å². The van der Waals surface area contributed by atoms with Crippen LogP contribution in [-0.4, -0.2) is 112 Å². The van der Waals surface area contributed by atoms with Gasteiger partial charge in [-0.1, -0.05) is 94.5 Å². The molecule has 1 aliphatic heterocycles. The van der Waals surface area contributed by atoms with Gasteiger partial charge in [-0.2, -0.15) is 0 Å². The van der Waals surface area contributed by atoms with E-state index in [-0.39, 0.29) is 87.0 Å². The number of hydrogen-bond acceptors (Lipinski definition) is 12. The molecule has 10 N–H and O–H groups in total. The first-order valence-electron chi connectivity index (χ1n) is 37.9. The van der Waals surface area contributed by atoms with E-state index in [0.29, 0.717) is 81.6 Å². The Bertz CT molecular complexity index is 3000. The van der Waals surface area contributed by atoms with Crippen LogP contribution in [0.25, 0.3) is 0 Å². The highest BCUT2D eigenvalue weighted by atomic mass is 16.7. The van der Waals surface area contributed by atoms with Crippen molar-refractivity contribution in [2.45, 2.75) is 248 Å². The summed E-state index contributed by atoms with van der Waals surface area (Å²) >= 11 is 0. The highest BCUT2D eigenvalue weighted by Crippen LogP contribution is 2.80. The number of aliphatic hydroxyl groups is 4. The number of benzene rings is 2. The van der Waals surface area contributed by atoms with Crippen molar-refractivity contribution in [1.82, 2.24) is 10.6 Å². The second kappa shape index (κ2) is 27.0. The minimum absolute atomic E-state index is 0.0157. The molecule has 0 bridgehead atoms. The summed E-state index contributed by atoms with van der Waals surface area (Å²) in [5.41, 5.74) is 6.48. The van der Waals surface area contributed by atoms with Crippen molar-refractivity contribution < 1.29 is 50.3 Å². The van der Waals surface area contributed by atoms with Gasteiger partial charge in [-0.25, -0.2) is 0 Å². The van der Waals surface area contributed by atoms with E-state index < -0.39 is 0 Å². The first kappa shape index (κ1) is 72.1. The lowest BCUT2D eigenvalue weighted by molar-refractivity contribution is -0.250. The van der Waals surface area contributed by atoms with Crippen LogP contribution in [0.4, 0.5) is 0 Å².